The summed E-state index contributed by atoms with van der Waals surface area (Å²) >= 11 is 1.50. The molecule has 0 atom stereocenters. The number of hydrogen-bond donors (Lipinski definition) is 1. The fourth-order valence-electron chi connectivity index (χ4n) is 1.37. The molecule has 0 radical (unpaired) electrons. The van der Waals surface area contributed by atoms with Crippen LogP contribution in [0.2, 0.25) is 0 Å². The Morgan fingerprint density at radius 1 is 1.33 bits per heavy atom. The van der Waals surface area contributed by atoms with Gasteiger partial charge in [-0.2, -0.15) is 0 Å². The fraction of sp³-hybridized carbons (Fsp3) is 0.727. The quantitative estimate of drug-likeness (QED) is 0.695. The van der Waals surface area contributed by atoms with E-state index in [-0.39, 0.29) is 0 Å². The first-order valence-electron chi connectivity index (χ1n) is 5.61. The first-order chi connectivity index (χ1) is 7.33. The summed E-state index contributed by atoms with van der Waals surface area (Å²) in [5, 5.41) is 0.622. The lowest BCUT2D eigenvalue weighted by Gasteiger charge is -2.01. The Hall–Kier alpha value is -0.610. The Balaban J connectivity index is 1.93. The molecule has 0 aromatic carbocycles. The molecule has 0 saturated heterocycles. The number of nitrogens with two attached hydrogens (primary N) is 1. The van der Waals surface area contributed by atoms with Crippen LogP contribution in [0.25, 0.3) is 0 Å². The van der Waals surface area contributed by atoms with Crippen molar-refractivity contribution in [3.05, 3.63) is 11.1 Å². The molecule has 2 N–H and O–H groups in total. The number of aromatic nitrogens is 1. The highest BCUT2D eigenvalue weighted by Crippen LogP contribution is 2.15. The van der Waals surface area contributed by atoms with Crippen molar-refractivity contribution >= 4 is 16.5 Å². The highest BCUT2D eigenvalue weighted by molar-refractivity contribution is 7.15. The van der Waals surface area contributed by atoms with Gasteiger partial charge in [-0.15, -0.1) is 0 Å². The Morgan fingerprint density at radius 2 is 2.13 bits per heavy atom. The normalized spacial score (nSPS) is 10.7. The summed E-state index contributed by atoms with van der Waals surface area (Å²) in [6.45, 7) is 3.73. The van der Waals surface area contributed by atoms with E-state index in [2.05, 4.69) is 11.9 Å². The molecular formula is C11H20N2OS. The minimum Gasteiger partial charge on any atom is -0.376 e. The van der Waals surface area contributed by atoms with Crippen molar-refractivity contribution in [2.45, 2.75) is 45.6 Å². The molecule has 1 aromatic heterocycles. The lowest BCUT2D eigenvalue weighted by atomic mass is 10.2. The van der Waals surface area contributed by atoms with E-state index in [1.165, 1.54) is 37.0 Å². The third kappa shape index (κ3) is 5.74. The molecule has 86 valence electrons. The van der Waals surface area contributed by atoms with E-state index in [0.29, 0.717) is 11.7 Å². The van der Waals surface area contributed by atoms with E-state index >= 15 is 0 Å². The first kappa shape index (κ1) is 12.5. The predicted molar refractivity (Wildman–Crippen MR) is 64.9 cm³/mol. The van der Waals surface area contributed by atoms with Crippen LogP contribution in [0.15, 0.2) is 6.20 Å². The Morgan fingerprint density at radius 3 is 2.80 bits per heavy atom. The zero-order valence-electron chi connectivity index (χ0n) is 9.37. The zero-order valence-corrected chi connectivity index (χ0v) is 10.2. The van der Waals surface area contributed by atoms with Gasteiger partial charge in [-0.25, -0.2) is 4.98 Å². The van der Waals surface area contributed by atoms with Crippen molar-refractivity contribution in [3.8, 4) is 0 Å². The summed E-state index contributed by atoms with van der Waals surface area (Å²) < 4.78 is 5.53. The molecule has 4 heteroatoms. The van der Waals surface area contributed by atoms with Gasteiger partial charge in [0.05, 0.1) is 11.5 Å². The van der Waals surface area contributed by atoms with Crippen molar-refractivity contribution in [2.24, 2.45) is 0 Å². The smallest absolute Gasteiger partial charge is 0.180 e. The molecule has 3 nitrogen and oxygen atoms in total. The van der Waals surface area contributed by atoms with Gasteiger partial charge in [-0.1, -0.05) is 43.9 Å². The number of thiazole rings is 1. The first-order valence-corrected chi connectivity index (χ1v) is 6.42. The standard InChI is InChI=1S/C11H20N2OS/c1-2-3-4-5-6-7-14-9-10-8-13-11(12)15-10/h8H,2-7,9H2,1H3,(H2,12,13). The van der Waals surface area contributed by atoms with Crippen LogP contribution in [0.5, 0.6) is 0 Å². The van der Waals surface area contributed by atoms with Gasteiger partial charge in [0.1, 0.15) is 0 Å². The van der Waals surface area contributed by atoms with Crippen molar-refractivity contribution in [2.75, 3.05) is 12.3 Å². The summed E-state index contributed by atoms with van der Waals surface area (Å²) in [6.07, 6.45) is 8.18. The third-order valence-corrected chi connectivity index (χ3v) is 3.01. The van der Waals surface area contributed by atoms with Gasteiger partial charge in [0.2, 0.25) is 0 Å². The molecule has 1 rings (SSSR count). The van der Waals surface area contributed by atoms with Gasteiger partial charge in [0, 0.05) is 12.8 Å². The minimum absolute atomic E-state index is 0.622. The summed E-state index contributed by atoms with van der Waals surface area (Å²) in [5.41, 5.74) is 5.52. The number of unbranched alkanes of at least 4 members (excludes halogenated alkanes) is 4. The maximum absolute atomic E-state index is 5.53. The number of anilines is 1. The van der Waals surface area contributed by atoms with Crippen LogP contribution in [0.1, 0.15) is 43.9 Å². The average molecular weight is 228 g/mol. The molecule has 15 heavy (non-hydrogen) atoms. The van der Waals surface area contributed by atoms with Crippen molar-refractivity contribution < 1.29 is 4.74 Å². The molecule has 1 heterocycles. The van der Waals surface area contributed by atoms with Crippen LogP contribution < -0.4 is 5.73 Å². The van der Waals surface area contributed by atoms with Gasteiger partial charge >= 0.3 is 0 Å². The molecule has 1 aromatic rings. The summed E-state index contributed by atoms with van der Waals surface area (Å²) in [6, 6.07) is 0. The van der Waals surface area contributed by atoms with Crippen LogP contribution in [0, 0.1) is 0 Å². The lowest BCUT2D eigenvalue weighted by molar-refractivity contribution is 0.118. The van der Waals surface area contributed by atoms with E-state index in [1.807, 2.05) is 0 Å². The van der Waals surface area contributed by atoms with Crippen molar-refractivity contribution in [1.29, 1.82) is 0 Å². The predicted octanol–water partition coefficient (Wildman–Crippen LogP) is 3.21. The van der Waals surface area contributed by atoms with Crippen molar-refractivity contribution in [1.82, 2.24) is 4.98 Å². The molecule has 0 saturated carbocycles. The van der Waals surface area contributed by atoms with Gasteiger partial charge in [-0.3, -0.25) is 0 Å². The Bertz CT molecular complexity index is 263. The van der Waals surface area contributed by atoms with Crippen LogP contribution in [-0.2, 0) is 11.3 Å². The highest BCUT2D eigenvalue weighted by atomic mass is 32.1. The summed E-state index contributed by atoms with van der Waals surface area (Å²) in [4.78, 5) is 5.08. The third-order valence-electron chi connectivity index (χ3n) is 2.21. The highest BCUT2D eigenvalue weighted by Gasteiger charge is 1.98. The Kier molecular flexibility index (Phi) is 6.36. The molecule has 0 aliphatic heterocycles. The largest absolute Gasteiger partial charge is 0.376 e. The maximum Gasteiger partial charge on any atom is 0.180 e. The number of rotatable bonds is 8. The molecule has 0 aliphatic carbocycles. The molecule has 0 aliphatic rings. The molecule has 0 unspecified atom stereocenters. The monoisotopic (exact) mass is 228 g/mol. The van der Waals surface area contributed by atoms with Crippen molar-refractivity contribution in [3.63, 3.8) is 0 Å². The number of hydrogen-bond acceptors (Lipinski definition) is 4. The van der Waals surface area contributed by atoms with Crippen LogP contribution >= 0.6 is 11.3 Å². The van der Waals surface area contributed by atoms with E-state index < -0.39 is 0 Å². The molecule has 0 fully saturated rings. The number of ether oxygens (including phenoxy) is 1. The van der Waals surface area contributed by atoms with Gasteiger partial charge in [0.25, 0.3) is 0 Å². The van der Waals surface area contributed by atoms with Gasteiger partial charge in [-0.05, 0) is 6.42 Å². The molecule has 0 spiro atoms. The second-order valence-corrected chi connectivity index (χ2v) is 4.78. The van der Waals surface area contributed by atoms with Crippen LogP contribution in [0.3, 0.4) is 0 Å². The number of nitrogens with zero attached hydrogens (tertiary/aromatic N) is 1. The number of nitrogen functional groups attached to an aromatic ring is 1. The van der Waals surface area contributed by atoms with E-state index in [4.69, 9.17) is 10.5 Å². The summed E-state index contributed by atoms with van der Waals surface area (Å²) in [7, 11) is 0. The molecular weight excluding hydrogens is 208 g/mol. The van der Waals surface area contributed by atoms with Crippen LogP contribution in [-0.4, -0.2) is 11.6 Å². The SMILES string of the molecule is CCCCCCCOCc1cnc(N)s1. The van der Waals surface area contributed by atoms with Gasteiger partial charge < -0.3 is 10.5 Å². The lowest BCUT2D eigenvalue weighted by Crippen LogP contribution is -1.93. The molecule has 0 bridgehead atoms. The summed E-state index contributed by atoms with van der Waals surface area (Å²) in [5.74, 6) is 0. The second-order valence-electron chi connectivity index (χ2n) is 3.63. The van der Waals surface area contributed by atoms with Gasteiger partial charge in [0.15, 0.2) is 5.13 Å². The van der Waals surface area contributed by atoms with E-state index in [1.54, 1.807) is 6.20 Å². The Labute approximate surface area is 95.7 Å². The van der Waals surface area contributed by atoms with Crippen LogP contribution in [0.4, 0.5) is 5.13 Å². The average Bonchev–Trinajstić information content (AvgIpc) is 2.63. The molecule has 0 amide bonds. The van der Waals surface area contributed by atoms with E-state index in [9.17, 15) is 0 Å². The fourth-order valence-corrected chi connectivity index (χ4v) is 1.99. The maximum atomic E-state index is 5.53. The zero-order chi connectivity index (χ0) is 10.9. The minimum atomic E-state index is 0.622. The second kappa shape index (κ2) is 7.65. The van der Waals surface area contributed by atoms with E-state index in [0.717, 1.165) is 17.9 Å². The topological polar surface area (TPSA) is 48.1 Å².